The van der Waals surface area contributed by atoms with E-state index in [0.29, 0.717) is 11.3 Å². The zero-order chi connectivity index (χ0) is 13.8. The molecule has 0 radical (unpaired) electrons. The molecule has 0 amide bonds. The van der Waals surface area contributed by atoms with Gasteiger partial charge >= 0.3 is 5.97 Å². The predicted octanol–water partition coefficient (Wildman–Crippen LogP) is 2.25. The molecule has 4 N–H and O–H groups in total. The summed E-state index contributed by atoms with van der Waals surface area (Å²) in [6, 6.07) is 11.4. The molecule has 98 valence electrons. The Labute approximate surface area is 109 Å². The largest absolute Gasteiger partial charge is 0.478 e. The molecule has 5 nitrogen and oxygen atoms in total. The fourth-order valence-corrected chi connectivity index (χ4v) is 1.65. The number of para-hydroxylation sites is 1. The lowest BCUT2D eigenvalue weighted by Crippen LogP contribution is -2.03. The number of carbonyl (C=O) groups is 1. The highest BCUT2D eigenvalue weighted by molar-refractivity contribution is 5.95. The standard InChI is InChI=1S/C14H13NO4/c15-13-11(14(17)18)5-2-6-12(13)19-10-4-1-3-9(7-10)8-16/h1-7,16H,8,15H2,(H,17,18). The molecule has 19 heavy (non-hydrogen) atoms. The Hall–Kier alpha value is -2.53. The minimum Gasteiger partial charge on any atom is -0.478 e. The maximum absolute atomic E-state index is 11.0. The molecule has 0 fully saturated rings. The van der Waals surface area contributed by atoms with Crippen molar-refractivity contribution in [2.75, 3.05) is 5.73 Å². The molecule has 0 aliphatic carbocycles. The van der Waals surface area contributed by atoms with Crippen LogP contribution in [-0.2, 0) is 6.61 Å². The van der Waals surface area contributed by atoms with Crippen molar-refractivity contribution < 1.29 is 19.7 Å². The van der Waals surface area contributed by atoms with E-state index in [9.17, 15) is 4.79 Å². The quantitative estimate of drug-likeness (QED) is 0.732. The number of ether oxygens (including phenoxy) is 1. The second kappa shape index (κ2) is 5.41. The highest BCUT2D eigenvalue weighted by Crippen LogP contribution is 2.30. The number of aliphatic hydroxyl groups excluding tert-OH is 1. The van der Waals surface area contributed by atoms with E-state index in [1.807, 2.05) is 0 Å². The van der Waals surface area contributed by atoms with E-state index < -0.39 is 5.97 Å². The van der Waals surface area contributed by atoms with Crippen LogP contribution in [0.4, 0.5) is 5.69 Å². The van der Waals surface area contributed by atoms with Crippen molar-refractivity contribution >= 4 is 11.7 Å². The Morgan fingerprint density at radius 1 is 1.21 bits per heavy atom. The van der Waals surface area contributed by atoms with Crippen molar-refractivity contribution in [3.05, 3.63) is 53.6 Å². The summed E-state index contributed by atoms with van der Waals surface area (Å²) in [5, 5.41) is 18.0. The molecule has 0 atom stereocenters. The third-order valence-corrected chi connectivity index (χ3v) is 2.61. The first-order valence-electron chi connectivity index (χ1n) is 5.61. The second-order valence-corrected chi connectivity index (χ2v) is 3.93. The van der Waals surface area contributed by atoms with Crippen molar-refractivity contribution in [1.82, 2.24) is 0 Å². The smallest absolute Gasteiger partial charge is 0.337 e. The number of benzene rings is 2. The molecule has 0 aliphatic heterocycles. The van der Waals surface area contributed by atoms with Gasteiger partial charge in [-0.25, -0.2) is 4.79 Å². The molecule has 0 bridgehead atoms. The lowest BCUT2D eigenvalue weighted by molar-refractivity contribution is 0.0697. The first-order chi connectivity index (χ1) is 9.11. The van der Waals surface area contributed by atoms with Gasteiger partial charge in [0.05, 0.1) is 17.9 Å². The average Bonchev–Trinajstić information content (AvgIpc) is 2.41. The highest BCUT2D eigenvalue weighted by atomic mass is 16.5. The average molecular weight is 259 g/mol. The lowest BCUT2D eigenvalue weighted by atomic mass is 10.1. The number of nitrogens with two attached hydrogens (primary N) is 1. The molecule has 0 saturated heterocycles. The summed E-state index contributed by atoms with van der Waals surface area (Å²) in [6.45, 7) is -0.0954. The van der Waals surface area contributed by atoms with Gasteiger partial charge in [0.15, 0.2) is 5.75 Å². The van der Waals surface area contributed by atoms with Crippen LogP contribution in [0.5, 0.6) is 11.5 Å². The predicted molar refractivity (Wildman–Crippen MR) is 70.3 cm³/mol. The van der Waals surface area contributed by atoms with Gasteiger partial charge in [-0.1, -0.05) is 18.2 Å². The van der Waals surface area contributed by atoms with Crippen LogP contribution in [0.15, 0.2) is 42.5 Å². The van der Waals surface area contributed by atoms with Crippen LogP contribution in [0.3, 0.4) is 0 Å². The molecule has 5 heteroatoms. The maximum Gasteiger partial charge on any atom is 0.337 e. The molecule has 0 unspecified atom stereocenters. The van der Waals surface area contributed by atoms with Crippen molar-refractivity contribution in [2.24, 2.45) is 0 Å². The van der Waals surface area contributed by atoms with Crippen molar-refractivity contribution in [2.45, 2.75) is 6.61 Å². The van der Waals surface area contributed by atoms with Crippen molar-refractivity contribution in [3.63, 3.8) is 0 Å². The summed E-state index contributed by atoms with van der Waals surface area (Å²) < 4.78 is 5.54. The first kappa shape index (κ1) is 12.9. The lowest BCUT2D eigenvalue weighted by Gasteiger charge is -2.10. The van der Waals surface area contributed by atoms with Crippen molar-refractivity contribution in [1.29, 1.82) is 0 Å². The molecule has 2 aromatic carbocycles. The van der Waals surface area contributed by atoms with E-state index in [-0.39, 0.29) is 23.6 Å². The summed E-state index contributed by atoms with van der Waals surface area (Å²) in [5.74, 6) is -0.345. The van der Waals surface area contributed by atoms with Crippen LogP contribution in [0.2, 0.25) is 0 Å². The number of nitrogen functional groups attached to an aromatic ring is 1. The number of aromatic carboxylic acids is 1. The number of aliphatic hydroxyl groups is 1. The number of hydrogen-bond donors (Lipinski definition) is 3. The third-order valence-electron chi connectivity index (χ3n) is 2.61. The van der Waals surface area contributed by atoms with Crippen LogP contribution in [0.25, 0.3) is 0 Å². The summed E-state index contributed by atoms with van der Waals surface area (Å²) >= 11 is 0. The van der Waals surface area contributed by atoms with Crippen molar-refractivity contribution in [3.8, 4) is 11.5 Å². The summed E-state index contributed by atoms with van der Waals surface area (Å²) in [4.78, 5) is 11.0. The Balaban J connectivity index is 2.33. The molecule has 0 heterocycles. The topological polar surface area (TPSA) is 92.8 Å². The Morgan fingerprint density at radius 2 is 1.95 bits per heavy atom. The number of carboxylic acid groups (broad SMARTS) is 1. The summed E-state index contributed by atoms with van der Waals surface area (Å²) in [5.41, 5.74) is 6.52. The Bertz CT molecular complexity index is 610. The number of hydrogen-bond acceptors (Lipinski definition) is 4. The fraction of sp³-hybridized carbons (Fsp3) is 0.0714. The van der Waals surface area contributed by atoms with Crippen LogP contribution in [0, 0.1) is 0 Å². The van der Waals surface area contributed by atoms with E-state index in [1.165, 1.54) is 6.07 Å². The molecule has 0 aliphatic rings. The van der Waals surface area contributed by atoms with Crippen LogP contribution < -0.4 is 10.5 Å². The molecule has 2 rings (SSSR count). The zero-order valence-electron chi connectivity index (χ0n) is 10.0. The van der Waals surface area contributed by atoms with Crippen LogP contribution in [-0.4, -0.2) is 16.2 Å². The molecule has 2 aromatic rings. The monoisotopic (exact) mass is 259 g/mol. The number of anilines is 1. The maximum atomic E-state index is 11.0. The molecule has 0 aromatic heterocycles. The van der Waals surface area contributed by atoms with E-state index in [4.69, 9.17) is 20.7 Å². The Morgan fingerprint density at radius 3 is 2.63 bits per heavy atom. The summed E-state index contributed by atoms with van der Waals surface area (Å²) in [6.07, 6.45) is 0. The summed E-state index contributed by atoms with van der Waals surface area (Å²) in [7, 11) is 0. The van der Waals surface area contributed by atoms with Gasteiger partial charge in [0.2, 0.25) is 0 Å². The van der Waals surface area contributed by atoms with Gasteiger partial charge < -0.3 is 20.7 Å². The first-order valence-corrected chi connectivity index (χ1v) is 5.61. The van der Waals surface area contributed by atoms with E-state index in [2.05, 4.69) is 0 Å². The van der Waals surface area contributed by atoms with E-state index in [0.717, 1.165) is 0 Å². The van der Waals surface area contributed by atoms with Gasteiger partial charge in [0, 0.05) is 0 Å². The van der Waals surface area contributed by atoms with Gasteiger partial charge in [0.1, 0.15) is 5.75 Å². The van der Waals surface area contributed by atoms with Gasteiger partial charge in [-0.05, 0) is 29.8 Å². The van der Waals surface area contributed by atoms with Gasteiger partial charge in [-0.3, -0.25) is 0 Å². The number of carboxylic acids is 1. The zero-order valence-corrected chi connectivity index (χ0v) is 10.0. The molecule has 0 spiro atoms. The normalized spacial score (nSPS) is 10.2. The molecular weight excluding hydrogens is 246 g/mol. The second-order valence-electron chi connectivity index (χ2n) is 3.93. The Kier molecular flexibility index (Phi) is 3.68. The fourth-order valence-electron chi connectivity index (χ4n) is 1.65. The highest BCUT2D eigenvalue weighted by Gasteiger charge is 2.12. The number of rotatable bonds is 4. The van der Waals surface area contributed by atoms with Crippen LogP contribution >= 0.6 is 0 Å². The SMILES string of the molecule is Nc1c(Oc2cccc(CO)c2)cccc1C(=O)O. The molecule has 0 saturated carbocycles. The van der Waals surface area contributed by atoms with Gasteiger partial charge in [-0.15, -0.1) is 0 Å². The van der Waals surface area contributed by atoms with E-state index in [1.54, 1.807) is 36.4 Å². The third kappa shape index (κ3) is 2.83. The van der Waals surface area contributed by atoms with Crippen LogP contribution in [0.1, 0.15) is 15.9 Å². The van der Waals surface area contributed by atoms with Gasteiger partial charge in [0.25, 0.3) is 0 Å². The minimum atomic E-state index is -1.10. The minimum absolute atomic E-state index is 0.00388. The molecular formula is C14H13NO4. The van der Waals surface area contributed by atoms with E-state index >= 15 is 0 Å². The van der Waals surface area contributed by atoms with Gasteiger partial charge in [-0.2, -0.15) is 0 Å².